The van der Waals surface area contributed by atoms with Crippen LogP contribution in [0.3, 0.4) is 0 Å². The van der Waals surface area contributed by atoms with Gasteiger partial charge in [-0.25, -0.2) is 8.78 Å². The van der Waals surface area contributed by atoms with E-state index in [1.807, 2.05) is 31.1 Å². The molecule has 2 rings (SSSR count). The molecular weight excluding hydrogens is 274 g/mol. The van der Waals surface area contributed by atoms with Crippen LogP contribution in [0.1, 0.15) is 15.9 Å². The summed E-state index contributed by atoms with van der Waals surface area (Å²) in [6.07, 6.45) is 0. The monoisotopic (exact) mass is 290 g/mol. The minimum Gasteiger partial charge on any atom is -0.322 e. The van der Waals surface area contributed by atoms with Gasteiger partial charge in [0.05, 0.1) is 5.56 Å². The highest BCUT2D eigenvalue weighted by Gasteiger charge is 2.15. The Morgan fingerprint density at radius 1 is 1.10 bits per heavy atom. The molecule has 0 aromatic heterocycles. The van der Waals surface area contributed by atoms with Crippen molar-refractivity contribution in [3.05, 3.63) is 65.2 Å². The van der Waals surface area contributed by atoms with Crippen LogP contribution in [0.15, 0.2) is 42.5 Å². The molecule has 0 spiro atoms. The molecule has 110 valence electrons. The second-order valence-corrected chi connectivity index (χ2v) is 4.99. The Morgan fingerprint density at radius 3 is 2.38 bits per heavy atom. The molecule has 0 saturated heterocycles. The highest BCUT2D eigenvalue weighted by atomic mass is 19.2. The second kappa shape index (κ2) is 6.45. The predicted molar refractivity (Wildman–Crippen MR) is 78.1 cm³/mol. The van der Waals surface area contributed by atoms with Gasteiger partial charge in [-0.3, -0.25) is 4.79 Å². The Bertz CT molecular complexity index is 639. The van der Waals surface area contributed by atoms with E-state index in [4.69, 9.17) is 0 Å². The van der Waals surface area contributed by atoms with Gasteiger partial charge in [0.2, 0.25) is 0 Å². The molecule has 3 nitrogen and oxygen atoms in total. The third-order valence-electron chi connectivity index (χ3n) is 2.91. The van der Waals surface area contributed by atoms with E-state index in [-0.39, 0.29) is 5.56 Å². The lowest BCUT2D eigenvalue weighted by Gasteiger charge is -2.11. The zero-order valence-electron chi connectivity index (χ0n) is 11.9. The number of anilines is 1. The highest BCUT2D eigenvalue weighted by molar-refractivity contribution is 6.04. The fourth-order valence-corrected chi connectivity index (χ4v) is 1.94. The number of hydrogen-bond donors (Lipinski definition) is 1. The van der Waals surface area contributed by atoms with E-state index in [9.17, 15) is 13.6 Å². The van der Waals surface area contributed by atoms with Gasteiger partial charge in [0.25, 0.3) is 5.91 Å². The Morgan fingerprint density at radius 2 is 1.76 bits per heavy atom. The molecule has 1 amide bonds. The Balaban J connectivity index is 2.11. The standard InChI is InChI=1S/C16H16F2N2O/c1-20(2)10-11-6-8-12(9-7-11)19-16(21)13-4-3-5-14(17)15(13)18/h3-9H,10H2,1-2H3,(H,19,21). The van der Waals surface area contributed by atoms with Gasteiger partial charge in [-0.2, -0.15) is 0 Å². The molecule has 1 N–H and O–H groups in total. The van der Waals surface area contributed by atoms with Gasteiger partial charge in [0.1, 0.15) is 0 Å². The van der Waals surface area contributed by atoms with Crippen LogP contribution in [-0.4, -0.2) is 24.9 Å². The van der Waals surface area contributed by atoms with E-state index in [2.05, 4.69) is 5.32 Å². The first kappa shape index (κ1) is 15.1. The Hall–Kier alpha value is -2.27. The van der Waals surface area contributed by atoms with Crippen molar-refractivity contribution < 1.29 is 13.6 Å². The summed E-state index contributed by atoms with van der Waals surface area (Å²) in [5.41, 5.74) is 1.31. The molecule has 5 heteroatoms. The Labute approximate surface area is 122 Å². The van der Waals surface area contributed by atoms with Crippen LogP contribution >= 0.6 is 0 Å². The number of halogens is 2. The molecule has 0 aliphatic rings. The molecule has 21 heavy (non-hydrogen) atoms. The van der Waals surface area contributed by atoms with Gasteiger partial charge in [0, 0.05) is 12.2 Å². The fraction of sp³-hybridized carbons (Fsp3) is 0.188. The first-order valence-corrected chi connectivity index (χ1v) is 6.46. The third kappa shape index (κ3) is 3.86. The lowest BCUT2D eigenvalue weighted by atomic mass is 10.1. The average molecular weight is 290 g/mol. The van der Waals surface area contributed by atoms with Crippen molar-refractivity contribution in [3.8, 4) is 0 Å². The van der Waals surface area contributed by atoms with Gasteiger partial charge < -0.3 is 10.2 Å². The number of nitrogens with one attached hydrogen (secondary N) is 1. The van der Waals surface area contributed by atoms with E-state index in [0.717, 1.165) is 18.2 Å². The maximum Gasteiger partial charge on any atom is 0.258 e. The maximum absolute atomic E-state index is 13.5. The molecule has 0 aliphatic heterocycles. The number of benzene rings is 2. The fourth-order valence-electron chi connectivity index (χ4n) is 1.94. The zero-order chi connectivity index (χ0) is 15.4. The van der Waals surface area contributed by atoms with Gasteiger partial charge in [-0.05, 0) is 43.9 Å². The minimum atomic E-state index is -1.14. The summed E-state index contributed by atoms with van der Waals surface area (Å²) in [7, 11) is 3.92. The zero-order valence-corrected chi connectivity index (χ0v) is 11.9. The number of rotatable bonds is 4. The molecule has 0 bridgehead atoms. The van der Waals surface area contributed by atoms with Gasteiger partial charge in [0.15, 0.2) is 11.6 Å². The largest absolute Gasteiger partial charge is 0.322 e. The van der Waals surface area contributed by atoms with E-state index >= 15 is 0 Å². The van der Waals surface area contributed by atoms with Crippen molar-refractivity contribution in [2.45, 2.75) is 6.54 Å². The molecule has 0 radical (unpaired) electrons. The van der Waals surface area contributed by atoms with Gasteiger partial charge in [-0.1, -0.05) is 18.2 Å². The summed E-state index contributed by atoms with van der Waals surface area (Å²) in [5.74, 6) is -2.85. The number of hydrogen-bond acceptors (Lipinski definition) is 2. The number of amides is 1. The van der Waals surface area contributed by atoms with Crippen molar-refractivity contribution in [2.24, 2.45) is 0 Å². The number of carbonyl (C=O) groups excluding carboxylic acids is 1. The van der Waals surface area contributed by atoms with E-state index in [0.29, 0.717) is 5.69 Å². The van der Waals surface area contributed by atoms with Crippen LogP contribution in [0, 0.1) is 11.6 Å². The van der Waals surface area contributed by atoms with E-state index < -0.39 is 17.5 Å². The van der Waals surface area contributed by atoms with E-state index in [1.165, 1.54) is 12.1 Å². The van der Waals surface area contributed by atoms with Gasteiger partial charge >= 0.3 is 0 Å². The molecule has 2 aromatic rings. The van der Waals surface area contributed by atoms with Crippen LogP contribution < -0.4 is 5.32 Å². The van der Waals surface area contributed by atoms with Crippen LogP contribution in [0.2, 0.25) is 0 Å². The first-order chi connectivity index (χ1) is 9.97. The summed E-state index contributed by atoms with van der Waals surface area (Å²) < 4.78 is 26.6. The Kier molecular flexibility index (Phi) is 4.65. The molecule has 0 unspecified atom stereocenters. The van der Waals surface area contributed by atoms with E-state index in [1.54, 1.807) is 12.1 Å². The molecule has 0 saturated carbocycles. The summed E-state index contributed by atoms with van der Waals surface area (Å²) >= 11 is 0. The lowest BCUT2D eigenvalue weighted by molar-refractivity contribution is 0.102. The third-order valence-corrected chi connectivity index (χ3v) is 2.91. The molecular formula is C16H16F2N2O. The average Bonchev–Trinajstić information content (AvgIpc) is 2.43. The molecule has 0 heterocycles. The first-order valence-electron chi connectivity index (χ1n) is 6.46. The predicted octanol–water partition coefficient (Wildman–Crippen LogP) is 3.28. The van der Waals surface area contributed by atoms with Crippen molar-refractivity contribution in [1.82, 2.24) is 4.90 Å². The van der Waals surface area contributed by atoms with Crippen LogP contribution in [-0.2, 0) is 6.54 Å². The van der Waals surface area contributed by atoms with Crippen molar-refractivity contribution >= 4 is 11.6 Å². The van der Waals surface area contributed by atoms with Crippen molar-refractivity contribution in [2.75, 3.05) is 19.4 Å². The van der Waals surface area contributed by atoms with Crippen LogP contribution in [0.5, 0.6) is 0 Å². The summed E-state index contributed by atoms with van der Waals surface area (Å²) in [6.45, 7) is 0.784. The molecule has 0 atom stereocenters. The number of carbonyl (C=O) groups is 1. The molecule has 0 fully saturated rings. The van der Waals surface area contributed by atoms with Crippen molar-refractivity contribution in [1.29, 1.82) is 0 Å². The normalized spacial score (nSPS) is 10.7. The quantitative estimate of drug-likeness (QED) is 0.937. The van der Waals surface area contributed by atoms with Crippen LogP contribution in [0.25, 0.3) is 0 Å². The smallest absolute Gasteiger partial charge is 0.258 e. The summed E-state index contributed by atoms with van der Waals surface area (Å²) in [4.78, 5) is 13.9. The lowest BCUT2D eigenvalue weighted by Crippen LogP contribution is -2.15. The highest BCUT2D eigenvalue weighted by Crippen LogP contribution is 2.15. The van der Waals surface area contributed by atoms with Gasteiger partial charge in [-0.15, -0.1) is 0 Å². The minimum absolute atomic E-state index is 0.313. The van der Waals surface area contributed by atoms with Crippen molar-refractivity contribution in [3.63, 3.8) is 0 Å². The second-order valence-electron chi connectivity index (χ2n) is 4.99. The number of nitrogens with zero attached hydrogens (tertiary/aromatic N) is 1. The maximum atomic E-state index is 13.5. The summed E-state index contributed by atoms with van der Waals surface area (Å²) in [6, 6.07) is 10.7. The SMILES string of the molecule is CN(C)Cc1ccc(NC(=O)c2cccc(F)c2F)cc1. The molecule has 0 aliphatic carbocycles. The molecule has 2 aromatic carbocycles. The van der Waals surface area contributed by atoms with Crippen LogP contribution in [0.4, 0.5) is 14.5 Å². The topological polar surface area (TPSA) is 32.3 Å². The summed E-state index contributed by atoms with van der Waals surface area (Å²) in [5, 5.41) is 2.55.